The fraction of sp³-hybridized carbons (Fsp3) is 0.100. The maximum Gasteiger partial charge on any atom is 0.488 e. The van der Waals surface area contributed by atoms with E-state index in [4.69, 9.17) is 15.8 Å². The van der Waals surface area contributed by atoms with Crippen molar-refractivity contribution in [3.05, 3.63) is 29.5 Å². The van der Waals surface area contributed by atoms with E-state index in [-0.39, 0.29) is 5.69 Å². The Morgan fingerprint density at radius 1 is 1.39 bits per heavy atom. The Bertz CT molecular complexity index is 597. The van der Waals surface area contributed by atoms with Gasteiger partial charge in [-0.3, -0.25) is 4.79 Å². The average molecular weight is 246 g/mol. The molecule has 2 aromatic rings. The molecule has 7 nitrogen and oxygen atoms in total. The Kier molecular flexibility index (Phi) is 3.13. The van der Waals surface area contributed by atoms with Crippen LogP contribution in [0.25, 0.3) is 11.3 Å². The number of aromatic nitrogens is 3. The minimum atomic E-state index is -1.59. The van der Waals surface area contributed by atoms with Gasteiger partial charge in [0.25, 0.3) is 5.91 Å². The summed E-state index contributed by atoms with van der Waals surface area (Å²) in [4.78, 5) is 11.2. The summed E-state index contributed by atoms with van der Waals surface area (Å²) >= 11 is 0. The van der Waals surface area contributed by atoms with Gasteiger partial charge in [-0.05, 0) is 17.9 Å². The molecule has 2 rings (SSSR count). The van der Waals surface area contributed by atoms with Crippen LogP contribution in [0.2, 0.25) is 0 Å². The van der Waals surface area contributed by atoms with Crippen molar-refractivity contribution in [1.82, 2.24) is 15.4 Å². The first-order valence-corrected chi connectivity index (χ1v) is 5.18. The van der Waals surface area contributed by atoms with E-state index in [2.05, 4.69) is 15.4 Å². The molecule has 1 heterocycles. The van der Waals surface area contributed by atoms with Gasteiger partial charge >= 0.3 is 7.12 Å². The smallest absolute Gasteiger partial charge is 0.423 e. The van der Waals surface area contributed by atoms with E-state index in [9.17, 15) is 4.79 Å². The quantitative estimate of drug-likeness (QED) is 0.493. The number of H-pyrrole nitrogens is 1. The zero-order valence-electron chi connectivity index (χ0n) is 9.58. The van der Waals surface area contributed by atoms with Crippen LogP contribution in [0.15, 0.2) is 18.2 Å². The highest BCUT2D eigenvalue weighted by Crippen LogP contribution is 2.22. The lowest BCUT2D eigenvalue weighted by Crippen LogP contribution is -2.29. The first-order valence-electron chi connectivity index (χ1n) is 5.18. The van der Waals surface area contributed by atoms with E-state index < -0.39 is 13.0 Å². The van der Waals surface area contributed by atoms with Crippen molar-refractivity contribution in [3.8, 4) is 11.3 Å². The van der Waals surface area contributed by atoms with E-state index in [0.29, 0.717) is 16.7 Å². The van der Waals surface area contributed by atoms with Gasteiger partial charge in [-0.1, -0.05) is 18.2 Å². The number of carbonyl (C=O) groups is 1. The Labute approximate surface area is 103 Å². The van der Waals surface area contributed by atoms with Gasteiger partial charge in [-0.2, -0.15) is 15.4 Å². The number of hydrogen-bond acceptors (Lipinski definition) is 5. The van der Waals surface area contributed by atoms with Crippen LogP contribution in [-0.2, 0) is 0 Å². The van der Waals surface area contributed by atoms with Gasteiger partial charge < -0.3 is 15.8 Å². The van der Waals surface area contributed by atoms with E-state index in [0.717, 1.165) is 5.56 Å². The second kappa shape index (κ2) is 4.59. The third-order valence-electron chi connectivity index (χ3n) is 2.60. The molecule has 0 aliphatic carbocycles. The molecule has 0 radical (unpaired) electrons. The van der Waals surface area contributed by atoms with Crippen molar-refractivity contribution >= 4 is 18.5 Å². The molecule has 0 saturated heterocycles. The van der Waals surface area contributed by atoms with E-state index in [1.807, 2.05) is 6.92 Å². The molecule has 0 spiro atoms. The standard InChI is InChI=1S/C10H11BN4O3/c1-5-2-3-6(11(17)18)4-7(5)8-9(10(12)16)14-15-13-8/h2-4,17-18H,1H3,(H2,12,16)(H,13,14,15). The second-order valence-corrected chi connectivity index (χ2v) is 3.83. The predicted molar refractivity (Wildman–Crippen MR) is 64.9 cm³/mol. The molecular formula is C10H11BN4O3. The van der Waals surface area contributed by atoms with Crippen molar-refractivity contribution in [1.29, 1.82) is 0 Å². The summed E-state index contributed by atoms with van der Waals surface area (Å²) in [6, 6.07) is 4.81. The van der Waals surface area contributed by atoms with Crippen LogP contribution in [0.3, 0.4) is 0 Å². The second-order valence-electron chi connectivity index (χ2n) is 3.83. The predicted octanol–water partition coefficient (Wildman–Crippen LogP) is -1.44. The molecule has 0 aliphatic rings. The highest BCUT2D eigenvalue weighted by atomic mass is 16.4. The molecule has 1 amide bonds. The van der Waals surface area contributed by atoms with Crippen LogP contribution in [0, 0.1) is 6.92 Å². The number of nitrogens with one attached hydrogen (secondary N) is 1. The van der Waals surface area contributed by atoms with E-state index in [1.165, 1.54) is 6.07 Å². The van der Waals surface area contributed by atoms with Gasteiger partial charge in [0.15, 0.2) is 5.69 Å². The van der Waals surface area contributed by atoms with Crippen LogP contribution in [0.4, 0.5) is 0 Å². The number of aromatic amines is 1. The Morgan fingerprint density at radius 2 is 2.11 bits per heavy atom. The molecule has 1 aromatic carbocycles. The van der Waals surface area contributed by atoms with Gasteiger partial charge in [0.05, 0.1) is 0 Å². The zero-order chi connectivity index (χ0) is 13.3. The van der Waals surface area contributed by atoms with Crippen molar-refractivity contribution in [2.75, 3.05) is 0 Å². The molecule has 0 fully saturated rings. The van der Waals surface area contributed by atoms with Crippen LogP contribution in [-0.4, -0.2) is 38.5 Å². The molecule has 0 aliphatic heterocycles. The number of hydrogen-bond donors (Lipinski definition) is 4. The van der Waals surface area contributed by atoms with Crippen LogP contribution in [0.1, 0.15) is 16.1 Å². The minimum absolute atomic E-state index is 0.0164. The molecule has 1 aromatic heterocycles. The number of carbonyl (C=O) groups excluding carboxylic acids is 1. The summed E-state index contributed by atoms with van der Waals surface area (Å²) in [5.74, 6) is -0.701. The molecule has 0 atom stereocenters. The monoisotopic (exact) mass is 246 g/mol. The first-order chi connectivity index (χ1) is 8.50. The van der Waals surface area contributed by atoms with Gasteiger partial charge in [0.2, 0.25) is 0 Å². The molecule has 92 valence electrons. The number of benzene rings is 1. The van der Waals surface area contributed by atoms with Crippen molar-refractivity contribution < 1.29 is 14.8 Å². The van der Waals surface area contributed by atoms with E-state index in [1.54, 1.807) is 12.1 Å². The average Bonchev–Trinajstić information content (AvgIpc) is 2.78. The fourth-order valence-electron chi connectivity index (χ4n) is 1.65. The number of nitrogens with zero attached hydrogens (tertiary/aromatic N) is 2. The largest absolute Gasteiger partial charge is 0.488 e. The molecule has 0 unspecified atom stereocenters. The first kappa shape index (κ1) is 12.3. The fourth-order valence-corrected chi connectivity index (χ4v) is 1.65. The highest BCUT2D eigenvalue weighted by Gasteiger charge is 2.19. The van der Waals surface area contributed by atoms with Crippen molar-refractivity contribution in [2.45, 2.75) is 6.92 Å². The number of nitrogens with two attached hydrogens (primary N) is 1. The maximum atomic E-state index is 11.2. The van der Waals surface area contributed by atoms with Gasteiger partial charge in [0, 0.05) is 5.56 Å². The van der Waals surface area contributed by atoms with Crippen LogP contribution < -0.4 is 11.2 Å². The Morgan fingerprint density at radius 3 is 2.72 bits per heavy atom. The lowest BCUT2D eigenvalue weighted by atomic mass is 9.78. The highest BCUT2D eigenvalue weighted by molar-refractivity contribution is 6.58. The summed E-state index contributed by atoms with van der Waals surface area (Å²) in [7, 11) is -1.59. The lowest BCUT2D eigenvalue weighted by molar-refractivity contribution is 0.0996. The minimum Gasteiger partial charge on any atom is -0.423 e. The zero-order valence-corrected chi connectivity index (χ0v) is 9.58. The molecule has 5 N–H and O–H groups in total. The summed E-state index contributed by atoms with van der Waals surface area (Å²) in [6.07, 6.45) is 0. The van der Waals surface area contributed by atoms with Crippen molar-refractivity contribution in [2.24, 2.45) is 5.73 Å². The number of rotatable bonds is 3. The summed E-state index contributed by atoms with van der Waals surface area (Å²) in [6.45, 7) is 1.81. The topological polar surface area (TPSA) is 125 Å². The lowest BCUT2D eigenvalue weighted by Gasteiger charge is -2.06. The van der Waals surface area contributed by atoms with Crippen LogP contribution >= 0.6 is 0 Å². The van der Waals surface area contributed by atoms with Gasteiger partial charge in [-0.25, -0.2) is 0 Å². The van der Waals surface area contributed by atoms with Crippen LogP contribution in [0.5, 0.6) is 0 Å². The van der Waals surface area contributed by atoms with Gasteiger partial charge in [-0.15, -0.1) is 0 Å². The van der Waals surface area contributed by atoms with E-state index >= 15 is 0 Å². The normalized spacial score (nSPS) is 10.4. The Hall–Kier alpha value is -2.19. The third-order valence-corrected chi connectivity index (χ3v) is 2.60. The number of aryl methyl sites for hydroxylation is 1. The Balaban J connectivity index is 2.59. The maximum absolute atomic E-state index is 11.2. The van der Waals surface area contributed by atoms with Gasteiger partial charge in [0.1, 0.15) is 5.69 Å². The SMILES string of the molecule is Cc1ccc(B(O)O)cc1-c1n[nH]nc1C(N)=O. The molecule has 8 heteroatoms. The molecule has 0 saturated carbocycles. The summed E-state index contributed by atoms with van der Waals surface area (Å²) in [5, 5.41) is 28.1. The molecule has 0 bridgehead atoms. The molecular weight excluding hydrogens is 235 g/mol. The third kappa shape index (κ3) is 2.11. The van der Waals surface area contributed by atoms with Crippen molar-refractivity contribution in [3.63, 3.8) is 0 Å². The number of amides is 1. The molecule has 18 heavy (non-hydrogen) atoms. The summed E-state index contributed by atoms with van der Waals surface area (Å²) < 4.78 is 0. The summed E-state index contributed by atoms with van der Waals surface area (Å²) in [5.41, 5.74) is 7.18. The number of primary amides is 1.